The fourth-order valence-electron chi connectivity index (χ4n) is 1.33. The van der Waals surface area contributed by atoms with Crippen molar-refractivity contribution in [2.24, 2.45) is 0 Å². The minimum absolute atomic E-state index is 0.320. The summed E-state index contributed by atoms with van der Waals surface area (Å²) in [6.45, 7) is 0. The molecule has 1 N–H and O–H groups in total. The Kier molecular flexibility index (Phi) is 3.26. The molecule has 0 amide bonds. The first-order valence-corrected chi connectivity index (χ1v) is 5.35. The van der Waals surface area contributed by atoms with E-state index in [1.54, 1.807) is 0 Å². The molecular weight excluding hydrogens is 275 g/mol. The molecule has 1 unspecified atom stereocenters. The van der Waals surface area contributed by atoms with Gasteiger partial charge in [-0.25, -0.2) is 14.4 Å². The number of aliphatic hydroxyl groups excluding tert-OH is 1. The van der Waals surface area contributed by atoms with Crippen molar-refractivity contribution < 1.29 is 9.50 Å². The molecule has 2 rings (SSSR count). The van der Waals surface area contributed by atoms with E-state index >= 15 is 0 Å². The van der Waals surface area contributed by atoms with Crippen LogP contribution in [-0.2, 0) is 0 Å². The van der Waals surface area contributed by atoms with E-state index in [0.717, 1.165) is 0 Å². The number of nitrogens with zero attached hydrogens (tertiary/aromatic N) is 2. The van der Waals surface area contributed by atoms with Gasteiger partial charge in [-0.05, 0) is 33.6 Å². The van der Waals surface area contributed by atoms with Gasteiger partial charge in [0.15, 0.2) is 0 Å². The van der Waals surface area contributed by atoms with Gasteiger partial charge in [0.1, 0.15) is 18.2 Å². The van der Waals surface area contributed by atoms with Crippen molar-refractivity contribution in [1.29, 1.82) is 0 Å². The standard InChI is InChI=1S/C11H8BrFN2O/c12-9-3-7(1-2-10(9)13)11(16)8-4-14-6-15-5-8/h1-6,11,16H. The zero-order valence-corrected chi connectivity index (χ0v) is 9.73. The lowest BCUT2D eigenvalue weighted by Gasteiger charge is -2.10. The molecule has 5 heteroatoms. The molecule has 0 aliphatic carbocycles. The van der Waals surface area contributed by atoms with Gasteiger partial charge in [0.25, 0.3) is 0 Å². The highest BCUT2D eigenvalue weighted by Gasteiger charge is 2.12. The second-order valence-corrected chi connectivity index (χ2v) is 4.10. The number of benzene rings is 1. The van der Waals surface area contributed by atoms with E-state index in [9.17, 15) is 9.50 Å². The molecule has 0 radical (unpaired) electrons. The number of hydrogen-bond acceptors (Lipinski definition) is 3. The van der Waals surface area contributed by atoms with Crippen molar-refractivity contribution in [1.82, 2.24) is 9.97 Å². The van der Waals surface area contributed by atoms with E-state index in [1.165, 1.54) is 36.9 Å². The van der Waals surface area contributed by atoms with Gasteiger partial charge in [-0.15, -0.1) is 0 Å². The molecule has 2 aromatic rings. The normalized spacial score (nSPS) is 12.4. The monoisotopic (exact) mass is 282 g/mol. The summed E-state index contributed by atoms with van der Waals surface area (Å²) < 4.78 is 13.3. The van der Waals surface area contributed by atoms with Crippen LogP contribution in [0.15, 0.2) is 41.4 Å². The van der Waals surface area contributed by atoms with E-state index in [0.29, 0.717) is 15.6 Å². The summed E-state index contributed by atoms with van der Waals surface area (Å²) in [5, 5.41) is 9.98. The minimum Gasteiger partial charge on any atom is -0.384 e. The fraction of sp³-hybridized carbons (Fsp3) is 0.0909. The zero-order chi connectivity index (χ0) is 11.5. The van der Waals surface area contributed by atoms with Crippen molar-refractivity contribution in [2.45, 2.75) is 6.10 Å². The van der Waals surface area contributed by atoms with Crippen LogP contribution in [0.2, 0.25) is 0 Å². The third-order valence-electron chi connectivity index (χ3n) is 2.16. The second kappa shape index (κ2) is 4.67. The first-order valence-electron chi connectivity index (χ1n) is 4.56. The van der Waals surface area contributed by atoms with Crippen LogP contribution in [0.3, 0.4) is 0 Å². The molecule has 0 fully saturated rings. The van der Waals surface area contributed by atoms with Gasteiger partial charge in [0.05, 0.1) is 4.47 Å². The summed E-state index contributed by atoms with van der Waals surface area (Å²) in [5.74, 6) is -0.361. The van der Waals surface area contributed by atoms with Crippen LogP contribution in [0.1, 0.15) is 17.2 Å². The number of aromatic nitrogens is 2. The first kappa shape index (κ1) is 11.2. The van der Waals surface area contributed by atoms with Crippen LogP contribution < -0.4 is 0 Å². The van der Waals surface area contributed by atoms with Crippen LogP contribution in [0, 0.1) is 5.82 Å². The summed E-state index contributed by atoms with van der Waals surface area (Å²) in [5.41, 5.74) is 1.16. The van der Waals surface area contributed by atoms with Gasteiger partial charge in [-0.2, -0.15) is 0 Å². The number of halogens is 2. The zero-order valence-electron chi connectivity index (χ0n) is 8.14. The van der Waals surface area contributed by atoms with Gasteiger partial charge in [-0.3, -0.25) is 0 Å². The molecule has 1 heterocycles. The Balaban J connectivity index is 2.34. The van der Waals surface area contributed by atoms with Crippen molar-refractivity contribution in [3.63, 3.8) is 0 Å². The molecule has 1 aromatic heterocycles. The third-order valence-corrected chi connectivity index (χ3v) is 2.76. The van der Waals surface area contributed by atoms with Gasteiger partial charge < -0.3 is 5.11 Å². The molecule has 1 atom stereocenters. The smallest absolute Gasteiger partial charge is 0.137 e. The van der Waals surface area contributed by atoms with Crippen molar-refractivity contribution in [3.8, 4) is 0 Å². The second-order valence-electron chi connectivity index (χ2n) is 3.25. The predicted molar refractivity (Wildman–Crippen MR) is 60.2 cm³/mol. The van der Waals surface area contributed by atoms with Crippen molar-refractivity contribution >= 4 is 15.9 Å². The van der Waals surface area contributed by atoms with Gasteiger partial charge >= 0.3 is 0 Å². The molecule has 1 aromatic carbocycles. The molecule has 0 bridgehead atoms. The summed E-state index contributed by atoms with van der Waals surface area (Å²) >= 11 is 3.07. The van der Waals surface area contributed by atoms with Crippen LogP contribution in [0.5, 0.6) is 0 Å². The topological polar surface area (TPSA) is 46.0 Å². The Labute approximate surface area is 100 Å². The summed E-state index contributed by atoms with van der Waals surface area (Å²) in [4.78, 5) is 7.63. The highest BCUT2D eigenvalue weighted by Crippen LogP contribution is 2.25. The molecule has 0 spiro atoms. The van der Waals surface area contributed by atoms with Crippen molar-refractivity contribution in [2.75, 3.05) is 0 Å². The Morgan fingerprint density at radius 3 is 2.50 bits per heavy atom. The lowest BCUT2D eigenvalue weighted by molar-refractivity contribution is 0.219. The molecule has 82 valence electrons. The highest BCUT2D eigenvalue weighted by molar-refractivity contribution is 9.10. The van der Waals surface area contributed by atoms with E-state index in [1.807, 2.05) is 0 Å². The summed E-state index contributed by atoms with van der Waals surface area (Å²) in [7, 11) is 0. The predicted octanol–water partition coefficient (Wildman–Crippen LogP) is 2.46. The summed E-state index contributed by atoms with van der Waals surface area (Å²) in [6, 6.07) is 4.36. The van der Waals surface area contributed by atoms with Crippen LogP contribution in [-0.4, -0.2) is 15.1 Å². The van der Waals surface area contributed by atoms with E-state index < -0.39 is 6.10 Å². The quantitative estimate of drug-likeness (QED) is 0.920. The first-order chi connectivity index (χ1) is 7.68. The fourth-order valence-corrected chi connectivity index (χ4v) is 1.72. The molecule has 3 nitrogen and oxygen atoms in total. The number of hydrogen-bond donors (Lipinski definition) is 1. The molecule has 0 aliphatic heterocycles. The Bertz CT molecular complexity index is 493. The van der Waals surface area contributed by atoms with E-state index in [2.05, 4.69) is 25.9 Å². The largest absolute Gasteiger partial charge is 0.384 e. The average Bonchev–Trinajstić information content (AvgIpc) is 2.33. The number of aliphatic hydroxyl groups is 1. The average molecular weight is 283 g/mol. The van der Waals surface area contributed by atoms with Crippen LogP contribution in [0.25, 0.3) is 0 Å². The minimum atomic E-state index is -0.849. The Morgan fingerprint density at radius 2 is 1.88 bits per heavy atom. The maximum Gasteiger partial charge on any atom is 0.137 e. The summed E-state index contributed by atoms with van der Waals surface area (Å²) in [6.07, 6.45) is 3.58. The van der Waals surface area contributed by atoms with Gasteiger partial charge in [0, 0.05) is 18.0 Å². The molecular formula is C11H8BrFN2O. The highest BCUT2D eigenvalue weighted by atomic mass is 79.9. The molecule has 0 saturated carbocycles. The molecule has 0 saturated heterocycles. The van der Waals surface area contributed by atoms with Crippen LogP contribution >= 0.6 is 15.9 Å². The van der Waals surface area contributed by atoms with E-state index in [4.69, 9.17) is 0 Å². The van der Waals surface area contributed by atoms with Crippen molar-refractivity contribution in [3.05, 3.63) is 58.3 Å². The number of rotatable bonds is 2. The van der Waals surface area contributed by atoms with Gasteiger partial charge in [-0.1, -0.05) is 6.07 Å². The molecule has 0 aliphatic rings. The maximum absolute atomic E-state index is 13.0. The third kappa shape index (κ3) is 2.25. The van der Waals surface area contributed by atoms with Gasteiger partial charge in [0.2, 0.25) is 0 Å². The Hall–Kier alpha value is -1.33. The van der Waals surface area contributed by atoms with E-state index in [-0.39, 0.29) is 5.82 Å². The SMILES string of the molecule is OC(c1cncnc1)c1ccc(F)c(Br)c1. The maximum atomic E-state index is 13.0. The lowest BCUT2D eigenvalue weighted by Crippen LogP contribution is -2.01. The molecule has 16 heavy (non-hydrogen) atoms. The van der Waals surface area contributed by atoms with Crippen LogP contribution in [0.4, 0.5) is 4.39 Å². The Morgan fingerprint density at radius 1 is 1.19 bits per heavy atom. The lowest BCUT2D eigenvalue weighted by atomic mass is 10.0.